The Morgan fingerprint density at radius 1 is 1.39 bits per heavy atom. The third-order valence-corrected chi connectivity index (χ3v) is 2.58. The lowest BCUT2D eigenvalue weighted by Gasteiger charge is -2.15. The lowest BCUT2D eigenvalue weighted by molar-refractivity contribution is 0.221. The van der Waals surface area contributed by atoms with E-state index in [9.17, 15) is 0 Å². The van der Waals surface area contributed by atoms with Crippen LogP contribution in [0.15, 0.2) is 36.5 Å². The Morgan fingerprint density at radius 2 is 2.22 bits per heavy atom. The lowest BCUT2D eigenvalue weighted by Crippen LogP contribution is -2.29. The summed E-state index contributed by atoms with van der Waals surface area (Å²) in [4.78, 5) is 4.35. The molecule has 2 rings (SSSR count). The normalized spacial score (nSPS) is 12.0. The van der Waals surface area contributed by atoms with Crippen molar-refractivity contribution < 1.29 is 4.74 Å². The molecule has 2 aromatic rings. The fraction of sp³-hybridized carbons (Fsp3) is 0.267. The van der Waals surface area contributed by atoms with Crippen molar-refractivity contribution in [1.82, 2.24) is 10.3 Å². The summed E-state index contributed by atoms with van der Waals surface area (Å²) in [6.45, 7) is 3.28. The first kappa shape index (κ1) is 12.4. The van der Waals surface area contributed by atoms with E-state index in [0.717, 1.165) is 16.7 Å². The van der Waals surface area contributed by atoms with E-state index >= 15 is 0 Å². The van der Waals surface area contributed by atoms with Crippen molar-refractivity contribution in [3.05, 3.63) is 36.5 Å². The summed E-state index contributed by atoms with van der Waals surface area (Å²) in [6.07, 6.45) is 7.00. The first-order valence-electron chi connectivity index (χ1n) is 5.96. The first-order valence-corrected chi connectivity index (χ1v) is 5.96. The van der Waals surface area contributed by atoms with Gasteiger partial charge in [0.2, 0.25) is 0 Å². The van der Waals surface area contributed by atoms with Gasteiger partial charge in [0.25, 0.3) is 0 Å². The number of hydrogen-bond acceptors (Lipinski definition) is 3. The molecule has 0 aliphatic heterocycles. The van der Waals surface area contributed by atoms with Crippen LogP contribution in [-0.4, -0.2) is 24.2 Å². The second kappa shape index (κ2) is 6.04. The summed E-state index contributed by atoms with van der Waals surface area (Å²) in [5.74, 6) is 3.35. The van der Waals surface area contributed by atoms with E-state index in [0.29, 0.717) is 13.1 Å². The van der Waals surface area contributed by atoms with Crippen molar-refractivity contribution in [3.63, 3.8) is 0 Å². The smallest absolute Gasteiger partial charge is 0.145 e. The molecule has 0 radical (unpaired) electrons. The zero-order chi connectivity index (χ0) is 12.8. The minimum Gasteiger partial charge on any atom is -0.487 e. The molecule has 3 heteroatoms. The minimum absolute atomic E-state index is 0.0472. The van der Waals surface area contributed by atoms with Gasteiger partial charge in [-0.2, -0.15) is 0 Å². The quantitative estimate of drug-likeness (QED) is 0.643. The van der Waals surface area contributed by atoms with Crippen molar-refractivity contribution in [2.24, 2.45) is 0 Å². The fourth-order valence-electron chi connectivity index (χ4n) is 1.78. The molecule has 3 nitrogen and oxygen atoms in total. The van der Waals surface area contributed by atoms with Crippen molar-refractivity contribution in [3.8, 4) is 18.1 Å². The lowest BCUT2D eigenvalue weighted by atomic mass is 10.2. The van der Waals surface area contributed by atoms with Gasteiger partial charge in [0, 0.05) is 18.1 Å². The molecule has 1 aromatic heterocycles. The Kier molecular flexibility index (Phi) is 4.16. The van der Waals surface area contributed by atoms with E-state index in [4.69, 9.17) is 11.2 Å². The highest BCUT2D eigenvalue weighted by Gasteiger charge is 2.07. The number of aromatic nitrogens is 1. The van der Waals surface area contributed by atoms with Gasteiger partial charge in [0.1, 0.15) is 17.4 Å². The van der Waals surface area contributed by atoms with Gasteiger partial charge in [-0.15, -0.1) is 6.42 Å². The van der Waals surface area contributed by atoms with Crippen molar-refractivity contribution in [2.45, 2.75) is 13.0 Å². The van der Waals surface area contributed by atoms with Crippen LogP contribution in [0.1, 0.15) is 6.92 Å². The van der Waals surface area contributed by atoms with Crippen LogP contribution in [0.2, 0.25) is 0 Å². The second-order valence-electron chi connectivity index (χ2n) is 4.09. The highest BCUT2D eigenvalue weighted by molar-refractivity contribution is 5.84. The molecular formula is C15H16N2O. The Bertz CT molecular complexity index is 554. The van der Waals surface area contributed by atoms with E-state index in [2.05, 4.69) is 16.2 Å². The zero-order valence-electron chi connectivity index (χ0n) is 10.4. The number of ether oxygens (including phenoxy) is 1. The van der Waals surface area contributed by atoms with Crippen LogP contribution in [0.25, 0.3) is 10.9 Å². The van der Waals surface area contributed by atoms with Gasteiger partial charge in [0.05, 0.1) is 6.54 Å². The minimum atomic E-state index is 0.0472. The number of hydrogen-bond donors (Lipinski definition) is 1. The predicted octanol–water partition coefficient (Wildman–Crippen LogP) is 2.22. The summed E-state index contributed by atoms with van der Waals surface area (Å²) in [5.41, 5.74) is 0.892. The summed E-state index contributed by atoms with van der Waals surface area (Å²) in [7, 11) is 0. The average molecular weight is 240 g/mol. The Morgan fingerprint density at radius 3 is 3.06 bits per heavy atom. The molecule has 0 aliphatic carbocycles. The number of para-hydroxylation sites is 1. The number of nitrogens with zero attached hydrogens (tertiary/aromatic N) is 1. The highest BCUT2D eigenvalue weighted by Crippen LogP contribution is 2.23. The molecule has 1 N–H and O–H groups in total. The van der Waals surface area contributed by atoms with Crippen LogP contribution >= 0.6 is 0 Å². The SMILES string of the molecule is C#CCNCC(C)Oc1cccc2cccnc12. The molecule has 18 heavy (non-hydrogen) atoms. The van der Waals surface area contributed by atoms with Crippen LogP contribution < -0.4 is 10.1 Å². The van der Waals surface area contributed by atoms with Crippen LogP contribution in [0, 0.1) is 12.3 Å². The number of terminal acetylenes is 1. The van der Waals surface area contributed by atoms with Gasteiger partial charge in [-0.3, -0.25) is 4.98 Å². The van der Waals surface area contributed by atoms with E-state index < -0.39 is 0 Å². The molecule has 0 saturated carbocycles. The van der Waals surface area contributed by atoms with Gasteiger partial charge in [0.15, 0.2) is 0 Å². The summed E-state index contributed by atoms with van der Waals surface area (Å²) >= 11 is 0. The topological polar surface area (TPSA) is 34.1 Å². The molecule has 92 valence electrons. The molecule has 1 atom stereocenters. The van der Waals surface area contributed by atoms with Crippen LogP contribution in [0.4, 0.5) is 0 Å². The molecular weight excluding hydrogens is 224 g/mol. The van der Waals surface area contributed by atoms with E-state index in [1.807, 2.05) is 37.3 Å². The Labute approximate surface area is 107 Å². The molecule has 0 amide bonds. The zero-order valence-corrected chi connectivity index (χ0v) is 10.4. The second-order valence-corrected chi connectivity index (χ2v) is 4.09. The Hall–Kier alpha value is -2.05. The average Bonchev–Trinajstić information content (AvgIpc) is 2.39. The third-order valence-electron chi connectivity index (χ3n) is 2.58. The molecule has 0 saturated heterocycles. The monoisotopic (exact) mass is 240 g/mol. The van der Waals surface area contributed by atoms with E-state index in [1.165, 1.54) is 0 Å². The Balaban J connectivity index is 2.09. The maximum Gasteiger partial charge on any atom is 0.145 e. The van der Waals surface area contributed by atoms with Crippen LogP contribution in [-0.2, 0) is 0 Å². The highest BCUT2D eigenvalue weighted by atomic mass is 16.5. The molecule has 1 unspecified atom stereocenters. The summed E-state index contributed by atoms with van der Waals surface area (Å²) in [6, 6.07) is 9.88. The molecule has 0 fully saturated rings. The van der Waals surface area contributed by atoms with Crippen molar-refractivity contribution in [2.75, 3.05) is 13.1 Å². The predicted molar refractivity (Wildman–Crippen MR) is 73.5 cm³/mol. The van der Waals surface area contributed by atoms with E-state index in [1.54, 1.807) is 6.20 Å². The van der Waals surface area contributed by atoms with Gasteiger partial charge >= 0.3 is 0 Å². The number of nitrogens with one attached hydrogen (secondary N) is 1. The molecule has 1 aromatic carbocycles. The first-order chi connectivity index (χ1) is 8.81. The maximum atomic E-state index is 5.88. The fourth-order valence-corrected chi connectivity index (χ4v) is 1.78. The van der Waals surface area contributed by atoms with Crippen molar-refractivity contribution >= 4 is 10.9 Å². The van der Waals surface area contributed by atoms with Gasteiger partial charge < -0.3 is 10.1 Å². The molecule has 0 spiro atoms. The number of benzene rings is 1. The summed E-state index contributed by atoms with van der Waals surface area (Å²) < 4.78 is 5.88. The molecule has 0 bridgehead atoms. The largest absolute Gasteiger partial charge is 0.487 e. The number of fused-ring (bicyclic) bond motifs is 1. The van der Waals surface area contributed by atoms with Gasteiger partial charge in [-0.25, -0.2) is 0 Å². The van der Waals surface area contributed by atoms with E-state index in [-0.39, 0.29) is 6.10 Å². The van der Waals surface area contributed by atoms with Crippen LogP contribution in [0.5, 0.6) is 5.75 Å². The maximum absolute atomic E-state index is 5.88. The number of rotatable bonds is 5. The van der Waals surface area contributed by atoms with Crippen LogP contribution in [0.3, 0.4) is 0 Å². The molecule has 0 aliphatic rings. The standard InChI is InChI=1S/C15H16N2O/c1-3-9-16-11-12(2)18-14-8-4-6-13-7-5-10-17-15(13)14/h1,4-8,10,12,16H,9,11H2,2H3. The van der Waals surface area contributed by atoms with Gasteiger partial charge in [-0.1, -0.05) is 24.1 Å². The number of pyridine rings is 1. The molecule has 1 heterocycles. The van der Waals surface area contributed by atoms with Gasteiger partial charge in [-0.05, 0) is 19.1 Å². The summed E-state index contributed by atoms with van der Waals surface area (Å²) in [5, 5.41) is 4.20. The van der Waals surface area contributed by atoms with Crippen molar-refractivity contribution in [1.29, 1.82) is 0 Å². The third kappa shape index (κ3) is 2.99.